The monoisotopic (exact) mass is 482 g/mol. The van der Waals surface area contributed by atoms with Crippen LogP contribution in [0.2, 0.25) is 5.02 Å². The molecule has 0 bridgehead atoms. The van der Waals surface area contributed by atoms with Crippen molar-refractivity contribution in [3.8, 4) is 5.75 Å². The second-order valence-corrected chi connectivity index (χ2v) is 9.78. The van der Waals surface area contributed by atoms with Crippen LogP contribution in [-0.4, -0.2) is 73.7 Å². The molecule has 2 saturated heterocycles. The summed E-state index contributed by atoms with van der Waals surface area (Å²) < 4.78 is 5.88. The fourth-order valence-corrected chi connectivity index (χ4v) is 5.33. The fourth-order valence-electron chi connectivity index (χ4n) is 5.16. The van der Waals surface area contributed by atoms with E-state index in [2.05, 4.69) is 17.0 Å². The third-order valence-corrected chi connectivity index (χ3v) is 7.27. The number of nitrogens with zero attached hydrogens (tertiary/aromatic N) is 4. The molecule has 3 heterocycles. The Bertz CT molecular complexity index is 1030. The summed E-state index contributed by atoms with van der Waals surface area (Å²) in [5.74, 6) is 0.894. The van der Waals surface area contributed by atoms with Crippen molar-refractivity contribution in [1.29, 1.82) is 0 Å². The lowest BCUT2D eigenvalue weighted by molar-refractivity contribution is -0.137. The number of amides is 3. The predicted octanol–water partition coefficient (Wildman–Crippen LogP) is 4.11. The molecule has 0 saturated carbocycles. The summed E-state index contributed by atoms with van der Waals surface area (Å²) in [5, 5.41) is 0.575. The highest BCUT2D eigenvalue weighted by Gasteiger charge is 2.35. The van der Waals surface area contributed by atoms with Gasteiger partial charge in [-0.05, 0) is 50.1 Å². The number of carbonyl (C=O) groups excluding carboxylic acids is 2. The van der Waals surface area contributed by atoms with E-state index in [-0.39, 0.29) is 24.0 Å². The number of piperazine rings is 1. The van der Waals surface area contributed by atoms with E-state index >= 15 is 0 Å². The summed E-state index contributed by atoms with van der Waals surface area (Å²) in [4.78, 5) is 34.5. The molecular weight excluding hydrogens is 452 g/mol. The Kier molecular flexibility index (Phi) is 6.55. The van der Waals surface area contributed by atoms with Crippen molar-refractivity contribution < 1.29 is 14.3 Å². The molecule has 3 aliphatic heterocycles. The SMILES string of the molecule is C[C@H]1CN(C(=O)N2CCC(C(=O)N3CCN(c4ccccc4)CC3)CC2)c2cc(Cl)ccc2O1. The van der Waals surface area contributed by atoms with Gasteiger partial charge in [0.2, 0.25) is 5.91 Å². The van der Waals surface area contributed by atoms with Crippen molar-refractivity contribution in [3.05, 3.63) is 53.6 Å². The van der Waals surface area contributed by atoms with E-state index in [9.17, 15) is 9.59 Å². The molecule has 34 heavy (non-hydrogen) atoms. The van der Waals surface area contributed by atoms with Gasteiger partial charge in [-0.15, -0.1) is 0 Å². The number of hydrogen-bond acceptors (Lipinski definition) is 4. The van der Waals surface area contributed by atoms with Gasteiger partial charge in [-0.25, -0.2) is 4.79 Å². The van der Waals surface area contributed by atoms with E-state index in [1.54, 1.807) is 17.0 Å². The molecule has 7 nitrogen and oxygen atoms in total. The Morgan fingerprint density at radius 2 is 1.62 bits per heavy atom. The van der Waals surface area contributed by atoms with Crippen LogP contribution in [0.15, 0.2) is 48.5 Å². The van der Waals surface area contributed by atoms with E-state index in [4.69, 9.17) is 16.3 Å². The van der Waals surface area contributed by atoms with Gasteiger partial charge in [-0.3, -0.25) is 9.69 Å². The fraction of sp³-hybridized carbons (Fsp3) is 0.462. The van der Waals surface area contributed by atoms with Gasteiger partial charge in [-0.1, -0.05) is 29.8 Å². The highest BCUT2D eigenvalue weighted by Crippen LogP contribution is 2.36. The van der Waals surface area contributed by atoms with E-state index in [1.807, 2.05) is 41.0 Å². The molecule has 1 atom stereocenters. The van der Waals surface area contributed by atoms with Crippen LogP contribution in [0.4, 0.5) is 16.2 Å². The maximum atomic E-state index is 13.4. The molecule has 0 spiro atoms. The Balaban J connectivity index is 1.16. The third kappa shape index (κ3) is 4.67. The zero-order valence-electron chi connectivity index (χ0n) is 19.5. The van der Waals surface area contributed by atoms with Crippen molar-refractivity contribution in [2.45, 2.75) is 25.9 Å². The summed E-state index contributed by atoms with van der Waals surface area (Å²) in [6.45, 7) is 6.80. The van der Waals surface area contributed by atoms with Gasteiger partial charge >= 0.3 is 6.03 Å². The highest BCUT2D eigenvalue weighted by molar-refractivity contribution is 6.31. The number of ether oxygens (including phenoxy) is 1. The molecule has 5 rings (SSSR count). The third-order valence-electron chi connectivity index (χ3n) is 7.04. The molecule has 3 amide bonds. The number of rotatable bonds is 2. The minimum absolute atomic E-state index is 0.0160. The normalized spacial score (nSPS) is 21.2. The number of urea groups is 1. The molecule has 2 aromatic rings. The Morgan fingerprint density at radius 1 is 0.912 bits per heavy atom. The van der Waals surface area contributed by atoms with Crippen LogP contribution in [0.1, 0.15) is 19.8 Å². The lowest BCUT2D eigenvalue weighted by Crippen LogP contribution is -2.54. The van der Waals surface area contributed by atoms with E-state index in [1.165, 1.54) is 5.69 Å². The van der Waals surface area contributed by atoms with Crippen LogP contribution in [0, 0.1) is 5.92 Å². The number of likely N-dealkylation sites (tertiary alicyclic amines) is 1. The second kappa shape index (κ2) is 9.74. The van der Waals surface area contributed by atoms with Crippen molar-refractivity contribution in [3.63, 3.8) is 0 Å². The van der Waals surface area contributed by atoms with Crippen LogP contribution in [0.5, 0.6) is 5.75 Å². The first-order valence-corrected chi connectivity index (χ1v) is 12.5. The number of anilines is 2. The molecule has 180 valence electrons. The van der Waals surface area contributed by atoms with Crippen molar-refractivity contribution >= 4 is 34.9 Å². The molecule has 8 heteroatoms. The maximum absolute atomic E-state index is 13.4. The first-order valence-electron chi connectivity index (χ1n) is 12.1. The zero-order chi connectivity index (χ0) is 23.7. The van der Waals surface area contributed by atoms with Crippen LogP contribution < -0.4 is 14.5 Å². The quantitative estimate of drug-likeness (QED) is 0.646. The zero-order valence-corrected chi connectivity index (χ0v) is 20.3. The molecule has 2 fully saturated rings. The van der Waals surface area contributed by atoms with Crippen LogP contribution in [0.3, 0.4) is 0 Å². The molecule has 0 N–H and O–H groups in total. The lowest BCUT2D eigenvalue weighted by atomic mass is 9.95. The molecule has 0 unspecified atom stereocenters. The molecule has 0 aromatic heterocycles. The summed E-state index contributed by atoms with van der Waals surface area (Å²) in [5.41, 5.74) is 1.92. The van der Waals surface area contributed by atoms with Gasteiger partial charge in [0, 0.05) is 55.9 Å². The van der Waals surface area contributed by atoms with Crippen LogP contribution in [0.25, 0.3) is 0 Å². The van der Waals surface area contributed by atoms with Crippen molar-refractivity contribution in [2.24, 2.45) is 5.92 Å². The van der Waals surface area contributed by atoms with Gasteiger partial charge in [0.05, 0.1) is 12.2 Å². The Hall–Kier alpha value is -2.93. The van der Waals surface area contributed by atoms with Crippen LogP contribution in [-0.2, 0) is 4.79 Å². The summed E-state index contributed by atoms with van der Waals surface area (Å²) in [7, 11) is 0. The summed E-state index contributed by atoms with van der Waals surface area (Å²) in [6.07, 6.45) is 1.31. The van der Waals surface area contributed by atoms with Gasteiger partial charge in [0.25, 0.3) is 0 Å². The highest BCUT2D eigenvalue weighted by atomic mass is 35.5. The minimum Gasteiger partial charge on any atom is -0.487 e. The van der Waals surface area contributed by atoms with Gasteiger partial charge in [-0.2, -0.15) is 0 Å². The average molecular weight is 483 g/mol. The first kappa shape index (κ1) is 22.8. The smallest absolute Gasteiger partial charge is 0.324 e. The number of para-hydroxylation sites is 1. The molecular formula is C26H31ClN4O3. The number of halogens is 1. The second-order valence-electron chi connectivity index (χ2n) is 9.34. The maximum Gasteiger partial charge on any atom is 0.324 e. The molecule has 3 aliphatic rings. The Labute approximate surface area is 205 Å². The largest absolute Gasteiger partial charge is 0.487 e. The number of piperidine rings is 1. The summed E-state index contributed by atoms with van der Waals surface area (Å²) >= 11 is 6.19. The molecule has 0 aliphatic carbocycles. The average Bonchev–Trinajstić information content (AvgIpc) is 2.88. The number of benzene rings is 2. The lowest BCUT2D eigenvalue weighted by Gasteiger charge is -2.41. The van der Waals surface area contributed by atoms with Gasteiger partial charge in [0.1, 0.15) is 11.9 Å². The predicted molar refractivity (Wildman–Crippen MR) is 134 cm³/mol. The van der Waals surface area contributed by atoms with E-state index < -0.39 is 0 Å². The minimum atomic E-state index is -0.0914. The number of fused-ring (bicyclic) bond motifs is 1. The summed E-state index contributed by atoms with van der Waals surface area (Å²) in [6, 6.07) is 15.7. The first-order chi connectivity index (χ1) is 16.5. The topological polar surface area (TPSA) is 56.3 Å². The molecule has 2 aromatic carbocycles. The van der Waals surface area contributed by atoms with Crippen molar-refractivity contribution in [2.75, 3.05) is 55.6 Å². The molecule has 0 radical (unpaired) electrons. The van der Waals surface area contributed by atoms with Crippen LogP contribution >= 0.6 is 11.6 Å². The van der Waals surface area contributed by atoms with E-state index in [0.717, 1.165) is 26.2 Å². The van der Waals surface area contributed by atoms with Gasteiger partial charge < -0.3 is 19.4 Å². The van der Waals surface area contributed by atoms with Gasteiger partial charge in [0.15, 0.2) is 0 Å². The van der Waals surface area contributed by atoms with E-state index in [0.29, 0.717) is 48.9 Å². The van der Waals surface area contributed by atoms with Crippen molar-refractivity contribution in [1.82, 2.24) is 9.80 Å². The number of hydrogen-bond donors (Lipinski definition) is 0. The Morgan fingerprint density at radius 3 is 2.32 bits per heavy atom. The standard InChI is InChI=1S/C26H31ClN4O3/c1-19-18-31(23-17-21(27)7-8-24(23)34-19)26(33)30-11-9-20(10-12-30)25(32)29-15-13-28(14-16-29)22-5-3-2-4-6-22/h2-8,17,19-20H,9-16,18H2,1H3/t19-/m0/s1. The number of carbonyl (C=O) groups is 2.